The normalized spacial score (nSPS) is 12.0. The van der Waals surface area contributed by atoms with Gasteiger partial charge >= 0.3 is 0 Å². The maximum Gasteiger partial charge on any atom is 0.195 e. The summed E-state index contributed by atoms with van der Waals surface area (Å²) in [7, 11) is 0. The highest BCUT2D eigenvalue weighted by Gasteiger charge is 2.08. The van der Waals surface area contributed by atoms with Crippen LogP contribution in [0.1, 0.15) is 6.92 Å². The summed E-state index contributed by atoms with van der Waals surface area (Å²) in [6, 6.07) is 12.1. The quantitative estimate of drug-likeness (QED) is 0.775. The Kier molecular flexibility index (Phi) is 3.78. The van der Waals surface area contributed by atoms with Crippen LogP contribution >= 0.6 is 11.8 Å². The monoisotopic (exact) mass is 244 g/mol. The van der Waals surface area contributed by atoms with E-state index >= 15 is 0 Å². The summed E-state index contributed by atoms with van der Waals surface area (Å²) in [5, 5.41) is 17.5. The number of nitrogens with zero attached hydrogens (tertiary/aromatic N) is 4. The predicted molar refractivity (Wildman–Crippen MR) is 66.9 cm³/mol. The topological polar surface area (TPSA) is 54.5 Å². The number of rotatable bonds is 4. The summed E-state index contributed by atoms with van der Waals surface area (Å²) in [4.78, 5) is 0. The van der Waals surface area contributed by atoms with E-state index in [0.29, 0.717) is 0 Å². The van der Waals surface area contributed by atoms with Gasteiger partial charge < -0.3 is 0 Å². The van der Waals surface area contributed by atoms with Crippen LogP contribution in [0.3, 0.4) is 0 Å². The van der Waals surface area contributed by atoms with Crippen LogP contribution in [-0.4, -0.2) is 20.5 Å². The van der Waals surface area contributed by atoms with Crippen LogP contribution in [0.2, 0.25) is 0 Å². The van der Waals surface area contributed by atoms with Crippen molar-refractivity contribution in [1.29, 1.82) is 5.26 Å². The highest BCUT2D eigenvalue weighted by atomic mass is 32.2. The zero-order valence-electron chi connectivity index (χ0n) is 9.45. The molecule has 86 valence electrons. The van der Waals surface area contributed by atoms with Crippen LogP contribution in [0.25, 0.3) is 5.69 Å². The largest absolute Gasteiger partial charge is 0.277 e. The third-order valence-corrected chi connectivity index (χ3v) is 3.44. The van der Waals surface area contributed by atoms with E-state index in [0.717, 1.165) is 16.6 Å². The lowest BCUT2D eigenvalue weighted by Gasteiger charge is -2.06. The van der Waals surface area contributed by atoms with E-state index in [1.807, 2.05) is 41.8 Å². The molecular formula is C12H12N4S. The standard InChI is InChI=1S/C12H12N4S/c1-10(7-13)8-17-12-15-14-9-16(12)11-5-3-2-4-6-11/h2-6,9-10H,8H2,1H3. The molecule has 1 aromatic carbocycles. The molecule has 0 amide bonds. The van der Waals surface area contributed by atoms with Gasteiger partial charge in [0.25, 0.3) is 0 Å². The minimum Gasteiger partial charge on any atom is -0.277 e. The lowest BCUT2D eigenvalue weighted by atomic mass is 10.3. The Bertz CT molecular complexity index is 515. The molecule has 0 radical (unpaired) electrons. The van der Waals surface area contributed by atoms with Crippen molar-refractivity contribution in [1.82, 2.24) is 14.8 Å². The first-order chi connectivity index (χ1) is 8.31. The van der Waals surface area contributed by atoms with Gasteiger partial charge in [-0.25, -0.2) is 0 Å². The third kappa shape index (κ3) is 2.86. The second kappa shape index (κ2) is 5.51. The molecule has 5 heteroatoms. The number of hydrogen-bond acceptors (Lipinski definition) is 4. The van der Waals surface area contributed by atoms with Gasteiger partial charge in [-0.3, -0.25) is 4.57 Å². The minimum atomic E-state index is 0.0147. The Hall–Kier alpha value is -1.80. The molecule has 1 aromatic heterocycles. The van der Waals surface area contributed by atoms with E-state index in [1.54, 1.807) is 18.1 Å². The fourth-order valence-electron chi connectivity index (χ4n) is 1.33. The van der Waals surface area contributed by atoms with E-state index in [4.69, 9.17) is 5.26 Å². The van der Waals surface area contributed by atoms with Crippen LogP contribution in [0.4, 0.5) is 0 Å². The number of aromatic nitrogens is 3. The summed E-state index contributed by atoms with van der Waals surface area (Å²) in [6.07, 6.45) is 1.69. The highest BCUT2D eigenvalue weighted by Crippen LogP contribution is 2.21. The number of nitriles is 1. The van der Waals surface area contributed by atoms with Crippen molar-refractivity contribution in [2.75, 3.05) is 5.75 Å². The van der Waals surface area contributed by atoms with Crippen LogP contribution < -0.4 is 0 Å². The summed E-state index contributed by atoms with van der Waals surface area (Å²) in [5.41, 5.74) is 1.03. The molecule has 0 spiro atoms. The maximum atomic E-state index is 8.74. The van der Waals surface area contributed by atoms with Gasteiger partial charge in [-0.2, -0.15) is 5.26 Å². The number of para-hydroxylation sites is 1. The number of thioether (sulfide) groups is 1. The first kappa shape index (κ1) is 11.7. The van der Waals surface area contributed by atoms with Crippen LogP contribution in [0, 0.1) is 17.2 Å². The maximum absolute atomic E-state index is 8.74. The molecule has 1 unspecified atom stereocenters. The molecule has 0 saturated carbocycles. The Morgan fingerprint density at radius 1 is 1.41 bits per heavy atom. The molecule has 0 aliphatic carbocycles. The average molecular weight is 244 g/mol. The molecule has 0 N–H and O–H groups in total. The van der Waals surface area contributed by atoms with Crippen molar-refractivity contribution in [2.24, 2.45) is 5.92 Å². The van der Waals surface area contributed by atoms with E-state index in [-0.39, 0.29) is 5.92 Å². The van der Waals surface area contributed by atoms with Crippen LogP contribution in [0.15, 0.2) is 41.8 Å². The SMILES string of the molecule is CC(C#N)CSc1nncn1-c1ccccc1. The van der Waals surface area contributed by atoms with E-state index in [2.05, 4.69) is 16.3 Å². The highest BCUT2D eigenvalue weighted by molar-refractivity contribution is 7.99. The van der Waals surface area contributed by atoms with Gasteiger partial charge in [-0.15, -0.1) is 10.2 Å². The van der Waals surface area contributed by atoms with E-state index < -0.39 is 0 Å². The molecule has 4 nitrogen and oxygen atoms in total. The van der Waals surface area contributed by atoms with E-state index in [1.165, 1.54) is 0 Å². The Labute approximate surface area is 104 Å². The van der Waals surface area contributed by atoms with Crippen molar-refractivity contribution >= 4 is 11.8 Å². The van der Waals surface area contributed by atoms with Crippen molar-refractivity contribution < 1.29 is 0 Å². The number of hydrogen-bond donors (Lipinski definition) is 0. The lowest BCUT2D eigenvalue weighted by Crippen LogP contribution is -1.98. The Balaban J connectivity index is 2.16. The van der Waals surface area contributed by atoms with Crippen molar-refractivity contribution in [3.63, 3.8) is 0 Å². The van der Waals surface area contributed by atoms with Gasteiger partial charge in [0.2, 0.25) is 0 Å². The molecular weight excluding hydrogens is 232 g/mol. The Morgan fingerprint density at radius 2 is 2.18 bits per heavy atom. The molecule has 1 heterocycles. The number of benzene rings is 1. The molecule has 0 fully saturated rings. The van der Waals surface area contributed by atoms with Gasteiger partial charge in [0.1, 0.15) is 6.33 Å². The lowest BCUT2D eigenvalue weighted by molar-refractivity contribution is 0.843. The summed E-state index contributed by atoms with van der Waals surface area (Å²) >= 11 is 1.55. The van der Waals surface area contributed by atoms with Crippen LogP contribution in [-0.2, 0) is 0 Å². The summed E-state index contributed by atoms with van der Waals surface area (Å²) in [6.45, 7) is 1.90. The predicted octanol–water partition coefficient (Wildman–Crippen LogP) is 2.52. The average Bonchev–Trinajstić information content (AvgIpc) is 2.85. The summed E-state index contributed by atoms with van der Waals surface area (Å²) < 4.78 is 1.93. The van der Waals surface area contributed by atoms with Crippen molar-refractivity contribution in [3.8, 4) is 11.8 Å². The molecule has 2 aromatic rings. The van der Waals surface area contributed by atoms with Gasteiger partial charge in [-0.1, -0.05) is 30.0 Å². The van der Waals surface area contributed by atoms with Crippen molar-refractivity contribution in [3.05, 3.63) is 36.7 Å². The smallest absolute Gasteiger partial charge is 0.195 e. The molecule has 2 rings (SSSR count). The molecule has 1 atom stereocenters. The van der Waals surface area contributed by atoms with E-state index in [9.17, 15) is 0 Å². The molecule has 0 bridgehead atoms. The first-order valence-electron chi connectivity index (χ1n) is 5.29. The van der Waals surface area contributed by atoms with Crippen molar-refractivity contribution in [2.45, 2.75) is 12.1 Å². The Morgan fingerprint density at radius 3 is 2.88 bits per heavy atom. The fourth-order valence-corrected chi connectivity index (χ4v) is 2.20. The molecule has 0 saturated heterocycles. The van der Waals surface area contributed by atoms with Gasteiger partial charge in [0.05, 0.1) is 12.0 Å². The van der Waals surface area contributed by atoms with Crippen LogP contribution in [0.5, 0.6) is 0 Å². The first-order valence-corrected chi connectivity index (χ1v) is 6.27. The molecule has 0 aliphatic heterocycles. The molecule has 17 heavy (non-hydrogen) atoms. The van der Waals surface area contributed by atoms with Gasteiger partial charge in [-0.05, 0) is 19.1 Å². The zero-order valence-corrected chi connectivity index (χ0v) is 10.3. The minimum absolute atomic E-state index is 0.0147. The van der Waals surface area contributed by atoms with Gasteiger partial charge in [0.15, 0.2) is 5.16 Å². The third-order valence-electron chi connectivity index (χ3n) is 2.23. The second-order valence-electron chi connectivity index (χ2n) is 3.66. The zero-order chi connectivity index (χ0) is 12.1. The fraction of sp³-hybridized carbons (Fsp3) is 0.250. The summed E-state index contributed by atoms with van der Waals surface area (Å²) in [5.74, 6) is 0.739. The second-order valence-corrected chi connectivity index (χ2v) is 4.65. The van der Waals surface area contributed by atoms with Gasteiger partial charge in [0, 0.05) is 11.4 Å². The molecule has 0 aliphatic rings.